The van der Waals surface area contributed by atoms with Crippen LogP contribution in [0.25, 0.3) is 0 Å². The molecule has 2 aromatic rings. The molecule has 5 nitrogen and oxygen atoms in total. The average molecular weight is 412 g/mol. The van der Waals surface area contributed by atoms with Gasteiger partial charge in [-0.25, -0.2) is 0 Å². The minimum Gasteiger partial charge on any atom is -0.325 e. The summed E-state index contributed by atoms with van der Waals surface area (Å²) in [5.74, 6) is -0.649. The van der Waals surface area contributed by atoms with Crippen LogP contribution in [0.4, 0.5) is 5.69 Å². The first kappa shape index (κ1) is 20.0. The third kappa shape index (κ3) is 4.94. The zero-order valence-corrected chi connectivity index (χ0v) is 16.7. The van der Waals surface area contributed by atoms with Crippen molar-refractivity contribution in [1.29, 1.82) is 5.26 Å². The number of carbonyl (C=O) groups is 2. The molecule has 1 atom stereocenters. The van der Waals surface area contributed by atoms with Gasteiger partial charge in [-0.05, 0) is 42.3 Å². The van der Waals surface area contributed by atoms with Gasteiger partial charge in [0.25, 0.3) is 0 Å². The third-order valence-electron chi connectivity index (χ3n) is 4.28. The number of carbonyl (C=O) groups excluding carboxylic acids is 2. The van der Waals surface area contributed by atoms with E-state index in [1.807, 2.05) is 43.3 Å². The first-order valence-electron chi connectivity index (χ1n) is 8.65. The maximum atomic E-state index is 12.3. The molecule has 1 aliphatic heterocycles. The molecule has 0 spiro atoms. The molecule has 142 valence electrons. The monoisotopic (exact) mass is 411 g/mol. The number of nitriles is 1. The van der Waals surface area contributed by atoms with E-state index in [9.17, 15) is 14.9 Å². The fourth-order valence-electron chi connectivity index (χ4n) is 2.97. The summed E-state index contributed by atoms with van der Waals surface area (Å²) in [6.07, 6.45) is 0.185. The molecule has 0 aliphatic carbocycles. The van der Waals surface area contributed by atoms with Gasteiger partial charge in [-0.15, -0.1) is 0 Å². The van der Waals surface area contributed by atoms with Crippen LogP contribution < -0.4 is 10.6 Å². The number of rotatable bonds is 5. The summed E-state index contributed by atoms with van der Waals surface area (Å²) in [6, 6.07) is 16.8. The Morgan fingerprint density at radius 3 is 2.75 bits per heavy atom. The molecule has 2 amide bonds. The lowest BCUT2D eigenvalue weighted by Crippen LogP contribution is -2.31. The van der Waals surface area contributed by atoms with Crippen LogP contribution >= 0.6 is 23.4 Å². The number of allylic oxidation sites excluding steroid dienone is 1. The maximum absolute atomic E-state index is 12.3. The number of anilines is 1. The highest BCUT2D eigenvalue weighted by Gasteiger charge is 2.29. The van der Waals surface area contributed by atoms with Gasteiger partial charge in [0.15, 0.2) is 0 Å². The second-order valence-corrected chi connectivity index (χ2v) is 7.84. The van der Waals surface area contributed by atoms with E-state index in [-0.39, 0.29) is 29.9 Å². The largest absolute Gasteiger partial charge is 0.325 e. The first-order valence-corrected chi connectivity index (χ1v) is 10.0. The van der Waals surface area contributed by atoms with Crippen molar-refractivity contribution in [3.05, 3.63) is 75.3 Å². The first-order chi connectivity index (χ1) is 13.5. The topological polar surface area (TPSA) is 82.0 Å². The van der Waals surface area contributed by atoms with Crippen LogP contribution in [0.5, 0.6) is 0 Å². The van der Waals surface area contributed by atoms with Gasteiger partial charge >= 0.3 is 0 Å². The Balaban J connectivity index is 1.74. The van der Waals surface area contributed by atoms with Gasteiger partial charge in [-0.1, -0.05) is 47.6 Å². The van der Waals surface area contributed by atoms with Crippen LogP contribution in [0, 0.1) is 18.3 Å². The molecule has 3 rings (SSSR count). The minimum absolute atomic E-state index is 0.0854. The Labute approximate surface area is 172 Å². The van der Waals surface area contributed by atoms with Gasteiger partial charge in [0.2, 0.25) is 11.8 Å². The van der Waals surface area contributed by atoms with E-state index in [1.165, 1.54) is 0 Å². The number of nitrogens with zero attached hydrogens (tertiary/aromatic N) is 1. The van der Waals surface area contributed by atoms with Crippen molar-refractivity contribution in [1.82, 2.24) is 5.32 Å². The van der Waals surface area contributed by atoms with E-state index >= 15 is 0 Å². The van der Waals surface area contributed by atoms with Crippen molar-refractivity contribution in [2.24, 2.45) is 0 Å². The number of nitrogens with one attached hydrogen (secondary N) is 2. The molecule has 0 unspecified atom stereocenters. The third-order valence-corrected chi connectivity index (χ3v) is 5.55. The lowest BCUT2D eigenvalue weighted by atomic mass is 9.87. The van der Waals surface area contributed by atoms with Gasteiger partial charge in [0.1, 0.15) is 0 Å². The summed E-state index contributed by atoms with van der Waals surface area (Å²) in [6.45, 7) is 1.95. The van der Waals surface area contributed by atoms with E-state index in [1.54, 1.807) is 12.1 Å². The van der Waals surface area contributed by atoms with Gasteiger partial charge in [0, 0.05) is 23.0 Å². The quantitative estimate of drug-likeness (QED) is 0.765. The Kier molecular flexibility index (Phi) is 6.40. The van der Waals surface area contributed by atoms with Crippen molar-refractivity contribution in [3.63, 3.8) is 0 Å². The molecule has 2 aromatic carbocycles. The van der Waals surface area contributed by atoms with Gasteiger partial charge in [0.05, 0.1) is 22.4 Å². The summed E-state index contributed by atoms with van der Waals surface area (Å²) < 4.78 is 0. The summed E-state index contributed by atoms with van der Waals surface area (Å²) >= 11 is 7.09. The predicted molar refractivity (Wildman–Crippen MR) is 112 cm³/mol. The number of halogens is 1. The molecular formula is C21H18ClN3O2S. The number of hydrogen-bond acceptors (Lipinski definition) is 4. The van der Waals surface area contributed by atoms with Crippen molar-refractivity contribution < 1.29 is 9.59 Å². The molecule has 0 bridgehead atoms. The molecule has 0 radical (unpaired) electrons. The minimum atomic E-state index is -0.349. The maximum Gasteiger partial charge on any atom is 0.234 e. The molecule has 2 N–H and O–H groups in total. The lowest BCUT2D eigenvalue weighted by Gasteiger charge is -2.25. The summed E-state index contributed by atoms with van der Waals surface area (Å²) in [5, 5.41) is 16.2. The van der Waals surface area contributed by atoms with Crippen LogP contribution in [0.15, 0.2) is 59.1 Å². The van der Waals surface area contributed by atoms with Crippen molar-refractivity contribution in [2.45, 2.75) is 19.3 Å². The van der Waals surface area contributed by atoms with E-state index in [0.717, 1.165) is 22.9 Å². The number of thioether (sulfide) groups is 1. The van der Waals surface area contributed by atoms with Crippen LogP contribution in [0.2, 0.25) is 5.02 Å². The Morgan fingerprint density at radius 1 is 1.32 bits per heavy atom. The highest BCUT2D eigenvalue weighted by atomic mass is 35.5. The standard InChI is InChI=1S/C21H18ClN3O2S/c1-13-3-2-4-16(9-13)24-20(27)12-28-21-18(11-23)17(10-19(26)25-21)14-5-7-15(22)8-6-14/h2-9,17H,10,12H2,1H3,(H,24,27)(H,25,26)/t17-/m1/s1. The van der Waals surface area contributed by atoms with Crippen LogP contribution in [-0.4, -0.2) is 17.6 Å². The van der Waals surface area contributed by atoms with Gasteiger partial charge < -0.3 is 10.6 Å². The zero-order chi connectivity index (χ0) is 20.1. The van der Waals surface area contributed by atoms with Crippen molar-refractivity contribution in [2.75, 3.05) is 11.1 Å². The summed E-state index contributed by atoms with van der Waals surface area (Å²) in [7, 11) is 0. The van der Waals surface area contributed by atoms with E-state index in [2.05, 4.69) is 16.7 Å². The number of aryl methyl sites for hydroxylation is 1. The summed E-state index contributed by atoms with van der Waals surface area (Å²) in [5.41, 5.74) is 3.06. The fourth-order valence-corrected chi connectivity index (χ4v) is 3.97. The second-order valence-electron chi connectivity index (χ2n) is 6.42. The Bertz CT molecular complexity index is 980. The normalized spacial score (nSPS) is 16.3. The molecule has 0 aromatic heterocycles. The molecule has 28 heavy (non-hydrogen) atoms. The SMILES string of the molecule is Cc1cccc(NC(=O)CSC2=C(C#N)[C@@H](c3ccc(Cl)cc3)CC(=O)N2)c1. The van der Waals surface area contributed by atoms with Crippen LogP contribution in [0.3, 0.4) is 0 Å². The number of hydrogen-bond donors (Lipinski definition) is 2. The number of benzene rings is 2. The molecular weight excluding hydrogens is 394 g/mol. The van der Waals surface area contributed by atoms with Crippen molar-refractivity contribution >= 4 is 40.9 Å². The molecule has 0 saturated carbocycles. The highest BCUT2D eigenvalue weighted by Crippen LogP contribution is 2.36. The smallest absolute Gasteiger partial charge is 0.234 e. The molecule has 0 fully saturated rings. The van der Waals surface area contributed by atoms with Crippen LogP contribution in [0.1, 0.15) is 23.5 Å². The molecule has 1 heterocycles. The second kappa shape index (κ2) is 8.96. The highest BCUT2D eigenvalue weighted by molar-refractivity contribution is 8.03. The fraction of sp³-hybridized carbons (Fsp3) is 0.190. The Morgan fingerprint density at radius 2 is 2.07 bits per heavy atom. The summed E-state index contributed by atoms with van der Waals surface area (Å²) in [4.78, 5) is 24.4. The van der Waals surface area contributed by atoms with E-state index in [4.69, 9.17) is 11.6 Å². The van der Waals surface area contributed by atoms with E-state index < -0.39 is 0 Å². The molecule has 0 saturated heterocycles. The Hall–Kier alpha value is -2.75. The zero-order valence-electron chi connectivity index (χ0n) is 15.2. The number of amides is 2. The predicted octanol–water partition coefficient (Wildman–Crippen LogP) is 4.36. The van der Waals surface area contributed by atoms with Crippen molar-refractivity contribution in [3.8, 4) is 6.07 Å². The van der Waals surface area contributed by atoms with E-state index in [0.29, 0.717) is 21.3 Å². The van der Waals surface area contributed by atoms with Gasteiger partial charge in [-0.2, -0.15) is 5.26 Å². The molecule has 1 aliphatic rings. The average Bonchev–Trinajstić information content (AvgIpc) is 2.66. The van der Waals surface area contributed by atoms with Crippen LogP contribution in [-0.2, 0) is 9.59 Å². The lowest BCUT2D eigenvalue weighted by molar-refractivity contribution is -0.121. The molecule has 7 heteroatoms. The van der Waals surface area contributed by atoms with Gasteiger partial charge in [-0.3, -0.25) is 9.59 Å².